The van der Waals surface area contributed by atoms with E-state index in [0.717, 1.165) is 12.8 Å². The van der Waals surface area contributed by atoms with Crippen molar-refractivity contribution in [1.29, 1.82) is 0 Å². The summed E-state index contributed by atoms with van der Waals surface area (Å²) in [6.45, 7) is 0.716. The van der Waals surface area contributed by atoms with Crippen LogP contribution >= 0.6 is 11.3 Å². The number of amides is 1. The smallest absolute Gasteiger partial charge is 0.207 e. The highest BCUT2D eigenvalue weighted by atomic mass is 32.1. The van der Waals surface area contributed by atoms with Crippen molar-refractivity contribution in [2.24, 2.45) is 0 Å². The molecule has 0 aliphatic carbocycles. The van der Waals surface area contributed by atoms with E-state index in [1.807, 2.05) is 12.1 Å². The van der Waals surface area contributed by atoms with E-state index in [1.54, 1.807) is 11.3 Å². The van der Waals surface area contributed by atoms with Crippen LogP contribution in [0.2, 0.25) is 0 Å². The van der Waals surface area contributed by atoms with Gasteiger partial charge in [0.2, 0.25) is 6.41 Å². The molecule has 0 atom stereocenters. The number of thiophene rings is 1. The first-order valence-electron chi connectivity index (χ1n) is 4.54. The van der Waals surface area contributed by atoms with Crippen molar-refractivity contribution in [3.8, 4) is 0 Å². The molecule has 0 radical (unpaired) electrons. The zero-order chi connectivity index (χ0) is 9.80. The monoisotopic (exact) mass is 205 g/mol. The molecule has 1 amide bonds. The molecule has 3 heteroatoms. The summed E-state index contributed by atoms with van der Waals surface area (Å²) >= 11 is 1.76. The van der Waals surface area contributed by atoms with Crippen LogP contribution in [0.15, 0.2) is 29.6 Å². The highest BCUT2D eigenvalue weighted by Crippen LogP contribution is 2.25. The van der Waals surface area contributed by atoms with Gasteiger partial charge < -0.3 is 5.32 Å². The number of fused-ring (bicyclic) bond motifs is 1. The van der Waals surface area contributed by atoms with Gasteiger partial charge in [-0.1, -0.05) is 24.3 Å². The second-order valence-electron chi connectivity index (χ2n) is 3.07. The highest BCUT2D eigenvalue weighted by molar-refractivity contribution is 7.11. The Labute approximate surface area is 86.6 Å². The second-order valence-corrected chi connectivity index (χ2v) is 4.03. The standard InChI is InChI=1S/C11H11NOS/c13-8-12-6-5-11-10-4-2-1-3-9(10)7-14-11/h1-4,7-8H,5-6H2,(H,12,13). The number of carbonyl (C=O) groups excluding carboxylic acids is 1. The van der Waals surface area contributed by atoms with Crippen molar-refractivity contribution in [2.75, 3.05) is 6.54 Å². The Hall–Kier alpha value is -1.35. The Bertz CT molecular complexity index is 436. The lowest BCUT2D eigenvalue weighted by atomic mass is 10.1. The minimum Gasteiger partial charge on any atom is -0.358 e. The van der Waals surface area contributed by atoms with Gasteiger partial charge in [-0.25, -0.2) is 0 Å². The number of hydrogen-bond acceptors (Lipinski definition) is 2. The van der Waals surface area contributed by atoms with Crippen molar-refractivity contribution in [3.05, 3.63) is 34.5 Å². The third-order valence-corrected chi connectivity index (χ3v) is 3.25. The van der Waals surface area contributed by atoms with Crippen LogP contribution in [0.1, 0.15) is 4.88 Å². The van der Waals surface area contributed by atoms with Gasteiger partial charge in [-0.15, -0.1) is 11.3 Å². The van der Waals surface area contributed by atoms with Crippen molar-refractivity contribution in [3.63, 3.8) is 0 Å². The minimum absolute atomic E-state index is 0.716. The van der Waals surface area contributed by atoms with E-state index in [4.69, 9.17) is 0 Å². The molecule has 72 valence electrons. The van der Waals surface area contributed by atoms with Gasteiger partial charge in [0, 0.05) is 11.4 Å². The zero-order valence-corrected chi connectivity index (χ0v) is 8.51. The molecule has 14 heavy (non-hydrogen) atoms. The summed E-state index contributed by atoms with van der Waals surface area (Å²) in [5.74, 6) is 0. The van der Waals surface area contributed by atoms with Gasteiger partial charge in [0.05, 0.1) is 0 Å². The molecular formula is C11H11NOS. The number of benzene rings is 1. The minimum atomic E-state index is 0.716. The summed E-state index contributed by atoms with van der Waals surface area (Å²) in [4.78, 5) is 11.4. The van der Waals surface area contributed by atoms with Gasteiger partial charge in [0.25, 0.3) is 0 Å². The number of carbonyl (C=O) groups is 1. The van der Waals surface area contributed by atoms with E-state index in [1.165, 1.54) is 15.6 Å². The van der Waals surface area contributed by atoms with Crippen LogP contribution in [-0.4, -0.2) is 13.0 Å². The first kappa shape index (κ1) is 9.21. The van der Waals surface area contributed by atoms with Gasteiger partial charge in [-0.2, -0.15) is 0 Å². The molecule has 0 bridgehead atoms. The summed E-state index contributed by atoms with van der Waals surface area (Å²) in [5, 5.41) is 7.44. The molecule has 2 aromatic rings. The summed E-state index contributed by atoms with van der Waals surface area (Å²) in [6.07, 6.45) is 1.66. The topological polar surface area (TPSA) is 29.1 Å². The van der Waals surface area contributed by atoms with Crippen molar-refractivity contribution in [1.82, 2.24) is 5.32 Å². The molecule has 2 rings (SSSR count). The van der Waals surface area contributed by atoms with E-state index >= 15 is 0 Å². The molecule has 2 nitrogen and oxygen atoms in total. The Kier molecular flexibility index (Phi) is 2.79. The lowest BCUT2D eigenvalue weighted by Gasteiger charge is -1.97. The first-order valence-corrected chi connectivity index (χ1v) is 5.42. The average Bonchev–Trinajstić information content (AvgIpc) is 2.63. The Morgan fingerprint density at radius 1 is 1.36 bits per heavy atom. The normalized spacial score (nSPS) is 10.3. The Morgan fingerprint density at radius 3 is 3.07 bits per heavy atom. The molecule has 0 unspecified atom stereocenters. The number of hydrogen-bond donors (Lipinski definition) is 1. The molecule has 1 heterocycles. The SMILES string of the molecule is O=CNCCc1scc2ccccc12. The maximum absolute atomic E-state index is 10.1. The summed E-state index contributed by atoms with van der Waals surface area (Å²) < 4.78 is 0. The highest BCUT2D eigenvalue weighted by Gasteiger charge is 2.01. The van der Waals surface area contributed by atoms with Gasteiger partial charge in [-0.3, -0.25) is 4.79 Å². The molecule has 0 aliphatic rings. The van der Waals surface area contributed by atoms with Crippen LogP contribution in [0.25, 0.3) is 10.8 Å². The fraction of sp³-hybridized carbons (Fsp3) is 0.182. The fourth-order valence-corrected chi connectivity index (χ4v) is 2.50. The lowest BCUT2D eigenvalue weighted by Crippen LogP contribution is -2.13. The summed E-state index contributed by atoms with van der Waals surface area (Å²) in [6, 6.07) is 8.33. The summed E-state index contributed by atoms with van der Waals surface area (Å²) in [5.41, 5.74) is 0. The van der Waals surface area contributed by atoms with E-state index in [0.29, 0.717) is 6.54 Å². The van der Waals surface area contributed by atoms with Gasteiger partial charge in [0.15, 0.2) is 0 Å². The van der Waals surface area contributed by atoms with E-state index in [-0.39, 0.29) is 0 Å². The van der Waals surface area contributed by atoms with Gasteiger partial charge in [-0.05, 0) is 22.6 Å². The van der Waals surface area contributed by atoms with E-state index in [2.05, 4.69) is 22.8 Å². The average molecular weight is 205 g/mol. The zero-order valence-electron chi connectivity index (χ0n) is 7.69. The molecular weight excluding hydrogens is 194 g/mol. The van der Waals surface area contributed by atoms with Crippen LogP contribution < -0.4 is 5.32 Å². The Morgan fingerprint density at radius 2 is 2.21 bits per heavy atom. The molecule has 0 spiro atoms. The van der Waals surface area contributed by atoms with E-state index < -0.39 is 0 Å². The fourth-order valence-electron chi connectivity index (χ4n) is 1.49. The van der Waals surface area contributed by atoms with Crippen molar-refractivity contribution in [2.45, 2.75) is 6.42 Å². The molecule has 1 aromatic heterocycles. The molecule has 0 fully saturated rings. The van der Waals surface area contributed by atoms with Crippen molar-refractivity contribution >= 4 is 28.5 Å². The number of nitrogens with one attached hydrogen (secondary N) is 1. The van der Waals surface area contributed by atoms with Crippen LogP contribution in [0.5, 0.6) is 0 Å². The van der Waals surface area contributed by atoms with Crippen LogP contribution in [-0.2, 0) is 11.2 Å². The predicted octanol–water partition coefficient (Wildman–Crippen LogP) is 2.19. The number of rotatable bonds is 4. The second kappa shape index (κ2) is 4.24. The quantitative estimate of drug-likeness (QED) is 0.601. The predicted molar refractivity (Wildman–Crippen MR) is 59.6 cm³/mol. The molecule has 0 saturated heterocycles. The molecule has 1 aromatic carbocycles. The third kappa shape index (κ3) is 1.77. The molecule has 0 aliphatic heterocycles. The van der Waals surface area contributed by atoms with E-state index in [9.17, 15) is 4.79 Å². The van der Waals surface area contributed by atoms with Crippen molar-refractivity contribution < 1.29 is 4.79 Å². The third-order valence-electron chi connectivity index (χ3n) is 2.17. The molecule has 1 N–H and O–H groups in total. The largest absolute Gasteiger partial charge is 0.358 e. The Balaban J connectivity index is 2.20. The van der Waals surface area contributed by atoms with Crippen LogP contribution in [0.3, 0.4) is 0 Å². The van der Waals surface area contributed by atoms with Gasteiger partial charge in [0.1, 0.15) is 0 Å². The van der Waals surface area contributed by atoms with Crippen LogP contribution in [0.4, 0.5) is 0 Å². The first-order chi connectivity index (χ1) is 6.92. The summed E-state index contributed by atoms with van der Waals surface area (Å²) in [7, 11) is 0. The maximum atomic E-state index is 10.1. The van der Waals surface area contributed by atoms with Crippen LogP contribution in [0, 0.1) is 0 Å². The lowest BCUT2D eigenvalue weighted by molar-refractivity contribution is -0.109. The maximum Gasteiger partial charge on any atom is 0.207 e. The van der Waals surface area contributed by atoms with Gasteiger partial charge >= 0.3 is 0 Å². The molecule has 0 saturated carbocycles.